The number of para-hydroxylation sites is 3. The highest BCUT2D eigenvalue weighted by Crippen LogP contribution is 2.46. The molecule has 9 rings (SSSR count). The Bertz CT molecular complexity index is 3450. The molecule has 0 radical (unpaired) electrons. The van der Waals surface area contributed by atoms with E-state index in [0.29, 0.717) is 34.5 Å². The molecule has 1 aromatic heterocycles. The first kappa shape index (κ1) is 15.8. The van der Waals surface area contributed by atoms with E-state index in [4.69, 9.17) is 24.2 Å². The van der Waals surface area contributed by atoms with E-state index in [1.54, 1.807) is 24.3 Å². The number of aryl methyl sites for hydroxylation is 1. The van der Waals surface area contributed by atoms with Gasteiger partial charge >= 0.3 is 0 Å². The van der Waals surface area contributed by atoms with Crippen LogP contribution in [0.1, 0.15) is 37.4 Å². The van der Waals surface area contributed by atoms with Crippen molar-refractivity contribution in [3.63, 3.8) is 0 Å². The van der Waals surface area contributed by atoms with Gasteiger partial charge in [-0.25, -0.2) is 4.98 Å². The lowest BCUT2D eigenvalue weighted by Gasteiger charge is -2.21. The van der Waals surface area contributed by atoms with E-state index in [-0.39, 0.29) is 60.5 Å². The summed E-state index contributed by atoms with van der Waals surface area (Å²) in [5.74, 6) is 0.632. The number of rotatable bonds is 6. The van der Waals surface area contributed by atoms with Crippen LogP contribution in [-0.4, -0.2) is 9.55 Å². The van der Waals surface area contributed by atoms with Crippen LogP contribution in [-0.2, 0) is 6.42 Å². The molecule has 0 atom stereocenters. The van der Waals surface area contributed by atoms with Crippen molar-refractivity contribution in [1.29, 1.82) is 0 Å². The van der Waals surface area contributed by atoms with Gasteiger partial charge in [-0.2, -0.15) is 0 Å². The molecule has 9 aromatic rings. The Hall–Kier alpha value is -6.25. The van der Waals surface area contributed by atoms with Gasteiger partial charge < -0.3 is 0 Å². The number of nitrogens with zero attached hydrogens (tertiary/aromatic N) is 2. The van der Waals surface area contributed by atoms with E-state index >= 15 is 0 Å². The smallest absolute Gasteiger partial charge is 0.114 e. The van der Waals surface area contributed by atoms with Crippen molar-refractivity contribution in [1.82, 2.24) is 9.55 Å². The molecule has 232 valence electrons. The summed E-state index contributed by atoms with van der Waals surface area (Å²) in [6.07, 6.45) is 0.462. The van der Waals surface area contributed by atoms with Crippen LogP contribution >= 0.6 is 0 Å². The maximum atomic E-state index is 9.61. The minimum Gasteiger partial charge on any atom is -0.296 e. The Kier molecular flexibility index (Phi) is 3.89. The third-order valence-electron chi connectivity index (χ3n) is 8.53. The zero-order valence-corrected chi connectivity index (χ0v) is 26.0. The van der Waals surface area contributed by atoms with E-state index in [9.17, 15) is 5.48 Å². The molecule has 0 fully saturated rings. The first-order valence-electron chi connectivity index (χ1n) is 24.6. The van der Waals surface area contributed by atoms with Crippen LogP contribution in [0, 0.1) is 0 Å². The zero-order valence-electron chi connectivity index (χ0n) is 44.0. The molecule has 0 aliphatic rings. The molecule has 0 saturated heterocycles. The molecule has 0 aliphatic carbocycles. The van der Waals surface area contributed by atoms with Gasteiger partial charge in [-0.05, 0) is 96.9 Å². The topological polar surface area (TPSA) is 17.8 Å². The Labute approximate surface area is 311 Å². The Morgan fingerprint density at radius 1 is 0.510 bits per heavy atom. The maximum absolute atomic E-state index is 9.61. The largest absolute Gasteiger partial charge is 0.296 e. The van der Waals surface area contributed by atoms with Gasteiger partial charge in [0.15, 0.2) is 0 Å². The summed E-state index contributed by atoms with van der Waals surface area (Å²) in [6, 6.07) is 6.41. The van der Waals surface area contributed by atoms with Crippen LogP contribution < -0.4 is 0 Å². The lowest BCUT2D eigenvalue weighted by molar-refractivity contribution is 0.909. The average molecular weight is 645 g/mol. The summed E-state index contributed by atoms with van der Waals surface area (Å²) in [5.41, 5.74) is 0.950. The molecule has 1 heterocycles. The predicted molar refractivity (Wildman–Crippen MR) is 207 cm³/mol. The van der Waals surface area contributed by atoms with Gasteiger partial charge in [0.1, 0.15) is 5.82 Å². The highest BCUT2D eigenvalue weighted by Gasteiger charge is 2.21. The number of hydrogen-bond donors (Lipinski definition) is 0. The minimum absolute atomic E-state index is 0.0378. The second-order valence-corrected chi connectivity index (χ2v) is 11.3. The van der Waals surface area contributed by atoms with Crippen molar-refractivity contribution in [2.24, 2.45) is 0 Å². The quantitative estimate of drug-likeness (QED) is 0.165. The number of fused-ring (bicyclic) bond motifs is 3. The van der Waals surface area contributed by atoms with Crippen LogP contribution in [0.15, 0.2) is 175 Å². The van der Waals surface area contributed by atoms with Crippen molar-refractivity contribution in [2.45, 2.75) is 13.3 Å². The second-order valence-electron chi connectivity index (χ2n) is 11.3. The SMILES string of the molecule is [2H]c1c([2H])c([2H])c(-c2cc(-c3c([2H])c([2H])c([2H])c([2H])c3[2H])cc(-c3c4c([2H])c([2H])c([2H])c([2H])c4c(-c4ccccc4-n4c(CC)nc5ccccc54)c4c([2H])c([2H])c([2H])c([2H])c34)c2)c([2H])c1[2H]. The van der Waals surface area contributed by atoms with Gasteiger partial charge in [0, 0.05) is 12.0 Å². The molecule has 2 nitrogen and oxygen atoms in total. The molecule has 49 heavy (non-hydrogen) atoms. The molecule has 0 aliphatic heterocycles. The van der Waals surface area contributed by atoms with E-state index in [1.807, 2.05) is 35.8 Å². The summed E-state index contributed by atoms with van der Waals surface area (Å²) in [7, 11) is 0. The van der Waals surface area contributed by atoms with E-state index in [1.165, 1.54) is 18.2 Å². The molecule has 0 unspecified atom stereocenters. The molecular weight excluding hydrogens is 593 g/mol. The molecular formula is C47H34N2. The predicted octanol–water partition coefficient (Wildman–Crippen LogP) is 12.6. The Balaban J connectivity index is 1.56. The molecule has 0 amide bonds. The normalized spacial score (nSPS) is 16.6. The van der Waals surface area contributed by atoms with Crippen LogP contribution in [0.4, 0.5) is 0 Å². The van der Waals surface area contributed by atoms with Crippen molar-refractivity contribution in [2.75, 3.05) is 0 Å². The number of hydrogen-bond acceptors (Lipinski definition) is 1. The summed E-state index contributed by atoms with van der Waals surface area (Å²) in [6.45, 7) is 1.92. The second kappa shape index (κ2) is 12.1. The van der Waals surface area contributed by atoms with Crippen LogP contribution in [0.2, 0.25) is 0 Å². The summed E-state index contributed by atoms with van der Waals surface area (Å²) in [4.78, 5) is 4.86. The molecule has 0 N–H and O–H groups in total. The van der Waals surface area contributed by atoms with E-state index in [2.05, 4.69) is 0 Å². The van der Waals surface area contributed by atoms with Gasteiger partial charge in [0.2, 0.25) is 0 Å². The van der Waals surface area contributed by atoms with Crippen LogP contribution in [0.5, 0.6) is 0 Å². The first-order chi connectivity index (χ1) is 31.7. The lowest BCUT2D eigenvalue weighted by atomic mass is 9.84. The fourth-order valence-electron chi connectivity index (χ4n) is 6.49. The molecule has 0 spiro atoms. The Morgan fingerprint density at radius 2 is 1.00 bits per heavy atom. The standard InChI is InChI=1S/C47H34N2/c1-2-45-48-42-26-14-16-28-44(42)49(45)43-27-15-13-25-41(43)47-39-23-11-9-21-37(39)46(38-22-10-12-24-40(38)47)36-30-34(32-17-5-3-6-18-32)29-35(31-36)33-19-7-4-8-20-33/h3-31H,2H2,1H3/i3D,4D,5D,6D,7D,8D,9D,10D,11D,12D,17D,18D,19D,20D,21D,22D,23D,24D. The van der Waals surface area contributed by atoms with Gasteiger partial charge in [-0.3, -0.25) is 4.57 Å². The van der Waals surface area contributed by atoms with Crippen molar-refractivity contribution in [3.8, 4) is 50.2 Å². The number of benzene rings is 8. The van der Waals surface area contributed by atoms with Crippen molar-refractivity contribution in [3.05, 3.63) is 181 Å². The fraction of sp³-hybridized carbons (Fsp3) is 0.0426. The Morgan fingerprint density at radius 3 is 1.59 bits per heavy atom. The number of imidazole rings is 1. The third kappa shape index (κ3) is 4.92. The van der Waals surface area contributed by atoms with Gasteiger partial charge in [-0.15, -0.1) is 0 Å². The van der Waals surface area contributed by atoms with Crippen LogP contribution in [0.3, 0.4) is 0 Å². The van der Waals surface area contributed by atoms with Gasteiger partial charge in [0.05, 0.1) is 41.4 Å². The van der Waals surface area contributed by atoms with Crippen LogP contribution in [0.25, 0.3) is 82.8 Å². The highest BCUT2D eigenvalue weighted by molar-refractivity contribution is 6.22. The molecule has 2 heteroatoms. The molecule has 0 bridgehead atoms. The summed E-state index contributed by atoms with van der Waals surface area (Å²) in [5, 5.41) is -0.730. The third-order valence-corrected chi connectivity index (χ3v) is 8.53. The van der Waals surface area contributed by atoms with E-state index in [0.717, 1.165) is 0 Å². The highest BCUT2D eigenvalue weighted by atomic mass is 15.1. The summed E-state index contributed by atoms with van der Waals surface area (Å²) < 4.78 is 163. The average Bonchev–Trinajstić information content (AvgIpc) is 3.71. The molecule has 0 saturated carbocycles. The van der Waals surface area contributed by atoms with Gasteiger partial charge in [-0.1, -0.05) is 146 Å². The lowest BCUT2D eigenvalue weighted by Crippen LogP contribution is -2.03. The van der Waals surface area contributed by atoms with Gasteiger partial charge in [0.25, 0.3) is 0 Å². The summed E-state index contributed by atoms with van der Waals surface area (Å²) >= 11 is 0. The maximum Gasteiger partial charge on any atom is 0.114 e. The number of aromatic nitrogens is 2. The zero-order chi connectivity index (χ0) is 48.4. The van der Waals surface area contributed by atoms with E-state index < -0.39 is 109 Å². The van der Waals surface area contributed by atoms with Crippen molar-refractivity contribution >= 4 is 32.6 Å². The fourth-order valence-corrected chi connectivity index (χ4v) is 6.49. The molecule has 8 aromatic carbocycles. The van der Waals surface area contributed by atoms with Crippen molar-refractivity contribution < 1.29 is 24.7 Å². The monoisotopic (exact) mass is 644 g/mol. The first-order valence-corrected chi connectivity index (χ1v) is 15.6. The minimum atomic E-state index is -0.704.